The van der Waals surface area contributed by atoms with Crippen molar-refractivity contribution in [2.45, 2.75) is 40.0 Å². The highest BCUT2D eigenvalue weighted by molar-refractivity contribution is 14.2. The average Bonchev–Trinajstić information content (AvgIpc) is 3.41. The lowest BCUT2D eigenvalue weighted by atomic mass is 9.93. The van der Waals surface area contributed by atoms with Crippen molar-refractivity contribution in [1.29, 1.82) is 0 Å². The lowest BCUT2D eigenvalue weighted by Crippen LogP contribution is -2.27. The quantitative estimate of drug-likeness (QED) is 0.175. The van der Waals surface area contributed by atoms with Gasteiger partial charge in [0.05, 0.1) is 25.2 Å². The largest absolute Gasteiger partial charge is 0.481 e. The van der Waals surface area contributed by atoms with E-state index in [0.717, 1.165) is 23.8 Å². The molecule has 0 N–H and O–H groups in total. The van der Waals surface area contributed by atoms with Crippen LogP contribution in [0.15, 0.2) is 41.5 Å². The molecular formula is C26H29F2IN5O2P. The zero-order valence-electron chi connectivity index (χ0n) is 21.3. The van der Waals surface area contributed by atoms with Gasteiger partial charge >= 0.3 is 0 Å². The smallest absolute Gasteiger partial charge is 0.264 e. The fraction of sp³-hybridized carbons (Fsp3) is 0.346. The van der Waals surface area contributed by atoms with Gasteiger partial charge in [-0.1, -0.05) is 13.8 Å². The molecule has 0 saturated heterocycles. The van der Waals surface area contributed by atoms with Crippen molar-refractivity contribution < 1.29 is 13.5 Å². The number of halogens is 3. The molecule has 3 aromatic heterocycles. The summed E-state index contributed by atoms with van der Waals surface area (Å²) in [6.07, 6.45) is 2.79. The van der Waals surface area contributed by atoms with Gasteiger partial charge in [-0.25, -0.2) is 13.2 Å². The van der Waals surface area contributed by atoms with Crippen LogP contribution < -0.4 is 15.2 Å². The molecule has 37 heavy (non-hydrogen) atoms. The normalized spacial score (nSPS) is 13.3. The summed E-state index contributed by atoms with van der Waals surface area (Å²) in [5, 5.41) is 5.05. The van der Waals surface area contributed by atoms with Gasteiger partial charge in [0.15, 0.2) is 0 Å². The van der Waals surface area contributed by atoms with Gasteiger partial charge in [-0.3, -0.25) is 4.79 Å². The third kappa shape index (κ3) is 5.10. The van der Waals surface area contributed by atoms with E-state index in [1.807, 2.05) is 30.9 Å². The number of anilines is 2. The van der Waals surface area contributed by atoms with Gasteiger partial charge in [0.1, 0.15) is 5.82 Å². The third-order valence-corrected chi connectivity index (χ3v) is 8.31. The molecule has 1 aliphatic rings. The number of aromatic nitrogens is 4. The number of fused-ring (bicyclic) bond motifs is 2. The number of alkyl halides is 2. The van der Waals surface area contributed by atoms with Crippen LogP contribution in [0.1, 0.15) is 43.4 Å². The van der Waals surface area contributed by atoms with Crippen molar-refractivity contribution in [3.05, 3.63) is 63.7 Å². The van der Waals surface area contributed by atoms with Crippen molar-refractivity contribution in [2.75, 3.05) is 18.6 Å². The van der Waals surface area contributed by atoms with E-state index in [9.17, 15) is 13.6 Å². The van der Waals surface area contributed by atoms with Crippen LogP contribution in [0.2, 0.25) is 0 Å². The maximum Gasteiger partial charge on any atom is 0.264 e. The summed E-state index contributed by atoms with van der Waals surface area (Å²) in [5.74, 6) is 0.946. The molecule has 1 atom stereocenters. The maximum atomic E-state index is 14.3. The molecule has 5 rings (SSSR count). The lowest BCUT2D eigenvalue weighted by molar-refractivity contribution is 0.152. The van der Waals surface area contributed by atoms with Crippen molar-refractivity contribution in [3.8, 4) is 17.0 Å². The molecular weight excluding hydrogens is 610 g/mol. The highest BCUT2D eigenvalue weighted by atomic mass is 127. The van der Waals surface area contributed by atoms with Crippen LogP contribution in [-0.4, -0.2) is 32.8 Å². The van der Waals surface area contributed by atoms with Crippen LogP contribution in [0.25, 0.3) is 22.0 Å². The number of methoxy groups -OCH3 is 1. The maximum absolute atomic E-state index is 14.3. The Morgan fingerprint density at radius 1 is 1.19 bits per heavy atom. The Bertz CT molecular complexity index is 1500. The molecule has 11 heteroatoms. The Labute approximate surface area is 229 Å². The fourth-order valence-corrected chi connectivity index (χ4v) is 5.77. The van der Waals surface area contributed by atoms with Crippen molar-refractivity contribution in [2.24, 2.45) is 7.05 Å². The predicted octanol–water partition coefficient (Wildman–Crippen LogP) is 6.95. The van der Waals surface area contributed by atoms with Gasteiger partial charge in [-0.05, 0) is 71.1 Å². The number of pyridine rings is 2. The summed E-state index contributed by atoms with van der Waals surface area (Å²) in [4.78, 5) is 19.3. The molecule has 0 saturated carbocycles. The second-order valence-corrected chi connectivity index (χ2v) is 10.6. The first-order chi connectivity index (χ1) is 17.8. The Kier molecular flexibility index (Phi) is 8.48. The Hall–Kier alpha value is -2.59. The van der Waals surface area contributed by atoms with E-state index in [0.29, 0.717) is 52.5 Å². The summed E-state index contributed by atoms with van der Waals surface area (Å²) in [6.45, 7) is 6.37. The summed E-state index contributed by atoms with van der Waals surface area (Å²) in [5.41, 5.74) is 3.97. The molecule has 1 aliphatic heterocycles. The Balaban J connectivity index is 0.00000156. The van der Waals surface area contributed by atoms with Crippen LogP contribution in [-0.2, 0) is 13.5 Å². The first-order valence-electron chi connectivity index (χ1n) is 12.0. The summed E-state index contributed by atoms with van der Waals surface area (Å²) < 4.78 is 37.4. The van der Waals surface area contributed by atoms with E-state index in [1.54, 1.807) is 47.5 Å². The van der Waals surface area contributed by atoms with Crippen LogP contribution >= 0.6 is 28.4 Å². The molecule has 0 spiro atoms. The molecule has 0 bridgehead atoms. The van der Waals surface area contributed by atoms with E-state index >= 15 is 0 Å². The monoisotopic (exact) mass is 639 g/mol. The van der Waals surface area contributed by atoms with Crippen LogP contribution in [0.4, 0.5) is 20.3 Å². The van der Waals surface area contributed by atoms with Gasteiger partial charge < -0.3 is 14.2 Å². The van der Waals surface area contributed by atoms with Crippen LogP contribution in [0.5, 0.6) is 5.88 Å². The van der Waals surface area contributed by atoms with Crippen LogP contribution in [0.3, 0.4) is 0 Å². The molecule has 7 nitrogen and oxygen atoms in total. The first kappa shape index (κ1) is 27.4. The first-order valence-corrected chi connectivity index (χ1v) is 16.1. The zero-order chi connectivity index (χ0) is 26.9. The molecule has 4 aromatic rings. The number of hydrogen-bond donors (Lipinski definition) is 0. The van der Waals surface area contributed by atoms with E-state index in [2.05, 4.69) is 27.1 Å². The number of benzene rings is 1. The molecule has 0 radical (unpaired) electrons. The lowest BCUT2D eigenvalue weighted by Gasteiger charge is -2.32. The van der Waals surface area contributed by atoms with E-state index < -0.39 is 6.43 Å². The minimum Gasteiger partial charge on any atom is -0.481 e. The summed E-state index contributed by atoms with van der Waals surface area (Å²) in [6, 6.07) is 6.99. The Morgan fingerprint density at radius 3 is 2.59 bits per heavy atom. The average molecular weight is 639 g/mol. The molecule has 1 unspecified atom stereocenters. The van der Waals surface area contributed by atoms with E-state index in [-0.39, 0.29) is 11.1 Å². The number of nitrogens with zero attached hydrogens (tertiary/aromatic N) is 5. The fourth-order valence-electron chi connectivity index (χ4n) is 4.69. The van der Waals surface area contributed by atoms with Gasteiger partial charge in [0.2, 0.25) is 5.88 Å². The number of rotatable bonds is 5. The van der Waals surface area contributed by atoms with Crippen molar-refractivity contribution in [1.82, 2.24) is 19.1 Å². The SMILES string of the molecule is CC.COc1cc2c(cc(C)c(=O)n2C)c(N2CCCc3cc(-c4cnn(PI)c4)c(C(F)F)cc32)n1. The number of hydrogen-bond acceptors (Lipinski definition) is 5. The Morgan fingerprint density at radius 2 is 1.95 bits per heavy atom. The molecule has 0 aliphatic carbocycles. The van der Waals surface area contributed by atoms with Gasteiger partial charge in [0.25, 0.3) is 12.0 Å². The minimum atomic E-state index is -2.65. The highest BCUT2D eigenvalue weighted by Crippen LogP contribution is 2.43. The van der Waals surface area contributed by atoms with E-state index in [4.69, 9.17) is 9.72 Å². The number of aryl methyl sites for hydroxylation is 3. The van der Waals surface area contributed by atoms with Gasteiger partial charge in [-0.2, -0.15) is 10.1 Å². The molecule has 196 valence electrons. The minimum absolute atomic E-state index is 0.0391. The van der Waals surface area contributed by atoms with Gasteiger partial charge in [-0.15, -0.1) is 0 Å². The second kappa shape index (κ2) is 11.4. The molecule has 0 fully saturated rings. The summed E-state index contributed by atoms with van der Waals surface area (Å²) in [7, 11) is 3.23. The van der Waals surface area contributed by atoms with E-state index in [1.165, 1.54) is 7.11 Å². The topological polar surface area (TPSA) is 65.2 Å². The van der Waals surface area contributed by atoms with Crippen LogP contribution in [0, 0.1) is 6.92 Å². The third-order valence-electron chi connectivity index (χ3n) is 6.41. The molecule has 1 aromatic carbocycles. The van der Waals surface area contributed by atoms with Crippen molar-refractivity contribution in [3.63, 3.8) is 0 Å². The van der Waals surface area contributed by atoms with Crippen molar-refractivity contribution >= 4 is 50.8 Å². The standard InChI is InChI=1S/C24H23F2IN5O2P.C2H6/c1-13-7-18-20(30(2)24(13)33)10-21(34-3)29-23(18)31-6-4-5-14-8-16(15-11-28-32(12-15)35-27)17(22(25)26)9-19(14)31;1-2/h7-12,22,35H,4-6H2,1-3H3;1-2H3. The molecule has 0 amide bonds. The van der Waals surface area contributed by atoms with Gasteiger partial charge in [0, 0.05) is 53.6 Å². The highest BCUT2D eigenvalue weighted by Gasteiger charge is 2.27. The second-order valence-electron chi connectivity index (χ2n) is 8.49. The molecule has 4 heterocycles. The number of ether oxygens (including phenoxy) is 1. The predicted molar refractivity (Wildman–Crippen MR) is 155 cm³/mol. The summed E-state index contributed by atoms with van der Waals surface area (Å²) >= 11 is 2.21. The zero-order valence-corrected chi connectivity index (χ0v) is 24.5.